The normalized spacial score (nSPS) is 20.4. The Morgan fingerprint density at radius 3 is 2.56 bits per heavy atom. The Balaban J connectivity index is 1.76. The first-order valence-corrected chi connectivity index (χ1v) is 7.83. The number of benzene rings is 2. The molecular formula is C18H14F3N3O. The third-order valence-corrected chi connectivity index (χ3v) is 4.38. The largest absolute Gasteiger partial charge is 0.391 e. The maximum Gasteiger partial charge on any atom is 0.161 e. The lowest BCUT2D eigenvalue weighted by Crippen LogP contribution is -2.25. The summed E-state index contributed by atoms with van der Waals surface area (Å²) in [7, 11) is 0. The molecule has 25 heavy (non-hydrogen) atoms. The van der Waals surface area contributed by atoms with E-state index in [0.717, 1.165) is 12.1 Å². The van der Waals surface area contributed by atoms with Crippen LogP contribution in [0.15, 0.2) is 42.6 Å². The summed E-state index contributed by atoms with van der Waals surface area (Å²) in [6.45, 7) is 0.297. The Morgan fingerprint density at radius 1 is 1.04 bits per heavy atom. The molecule has 3 aromatic rings. The highest BCUT2D eigenvalue weighted by Gasteiger charge is 2.33. The van der Waals surface area contributed by atoms with E-state index in [-0.39, 0.29) is 22.9 Å². The summed E-state index contributed by atoms with van der Waals surface area (Å²) in [6.07, 6.45) is 1.26. The standard InChI is InChI=1S/C18H14F3N3O/c19-11-3-1-2-10(4-11)17-5-12(25)9-24(17)18-8-22-15-6-13(20)14(21)7-16(15)23-18/h1-4,6-8,12,17,25H,5,9H2/t12-,17+/m0/s1. The molecule has 0 radical (unpaired) electrons. The van der Waals surface area contributed by atoms with E-state index < -0.39 is 17.7 Å². The molecule has 1 saturated heterocycles. The molecular weight excluding hydrogens is 331 g/mol. The minimum absolute atomic E-state index is 0.218. The fourth-order valence-corrected chi connectivity index (χ4v) is 3.23. The van der Waals surface area contributed by atoms with Crippen LogP contribution < -0.4 is 4.90 Å². The summed E-state index contributed by atoms with van der Waals surface area (Å²) < 4.78 is 40.3. The number of halogens is 3. The Hall–Kier alpha value is -2.67. The van der Waals surface area contributed by atoms with Crippen LogP contribution in [0.5, 0.6) is 0 Å². The highest BCUT2D eigenvalue weighted by Crippen LogP contribution is 2.36. The zero-order valence-electron chi connectivity index (χ0n) is 13.0. The van der Waals surface area contributed by atoms with Crippen molar-refractivity contribution in [1.82, 2.24) is 9.97 Å². The van der Waals surface area contributed by atoms with Crippen molar-refractivity contribution in [3.63, 3.8) is 0 Å². The number of nitrogens with zero attached hydrogens (tertiary/aromatic N) is 3. The molecule has 0 unspecified atom stereocenters. The smallest absolute Gasteiger partial charge is 0.161 e. The second kappa shape index (κ2) is 6.00. The number of aliphatic hydroxyl groups is 1. The lowest BCUT2D eigenvalue weighted by atomic mass is 10.0. The zero-order chi connectivity index (χ0) is 17.6. The summed E-state index contributed by atoms with van der Waals surface area (Å²) in [5, 5.41) is 10.1. The van der Waals surface area contributed by atoms with E-state index in [1.165, 1.54) is 18.3 Å². The number of β-amino-alcohol motifs (C(OH)–C–C–N with tert-alkyl or cyclic N) is 1. The fraction of sp³-hybridized carbons (Fsp3) is 0.222. The number of anilines is 1. The monoisotopic (exact) mass is 345 g/mol. The number of fused-ring (bicyclic) bond motifs is 1. The van der Waals surface area contributed by atoms with Crippen LogP contribution >= 0.6 is 0 Å². The summed E-state index contributed by atoms with van der Waals surface area (Å²) in [4.78, 5) is 10.3. The molecule has 2 aromatic carbocycles. The number of hydrogen-bond acceptors (Lipinski definition) is 4. The van der Waals surface area contributed by atoms with Crippen molar-refractivity contribution in [2.75, 3.05) is 11.4 Å². The van der Waals surface area contributed by atoms with Gasteiger partial charge in [0.25, 0.3) is 0 Å². The molecule has 7 heteroatoms. The quantitative estimate of drug-likeness (QED) is 0.774. The van der Waals surface area contributed by atoms with Gasteiger partial charge in [-0.15, -0.1) is 0 Å². The fourth-order valence-electron chi connectivity index (χ4n) is 3.23. The first kappa shape index (κ1) is 15.8. The number of aliphatic hydroxyl groups excluding tert-OH is 1. The third kappa shape index (κ3) is 2.91. The third-order valence-electron chi connectivity index (χ3n) is 4.38. The van der Waals surface area contributed by atoms with Gasteiger partial charge in [0.15, 0.2) is 11.6 Å². The predicted molar refractivity (Wildman–Crippen MR) is 86.6 cm³/mol. The molecule has 4 nitrogen and oxygen atoms in total. The number of hydrogen-bond donors (Lipinski definition) is 1. The van der Waals surface area contributed by atoms with Crippen molar-refractivity contribution in [2.45, 2.75) is 18.6 Å². The average molecular weight is 345 g/mol. The van der Waals surface area contributed by atoms with E-state index in [2.05, 4.69) is 9.97 Å². The molecule has 128 valence electrons. The van der Waals surface area contributed by atoms with Crippen LogP contribution in [0, 0.1) is 17.5 Å². The van der Waals surface area contributed by atoms with Crippen LogP contribution in [0.3, 0.4) is 0 Å². The molecule has 2 heterocycles. The maximum absolute atomic E-state index is 13.6. The van der Waals surface area contributed by atoms with Gasteiger partial charge in [-0.05, 0) is 24.1 Å². The van der Waals surface area contributed by atoms with Crippen LogP contribution in [0.4, 0.5) is 19.0 Å². The lowest BCUT2D eigenvalue weighted by Gasteiger charge is -2.25. The molecule has 1 aliphatic rings. The molecule has 2 atom stereocenters. The summed E-state index contributed by atoms with van der Waals surface area (Å²) >= 11 is 0. The summed E-state index contributed by atoms with van der Waals surface area (Å²) in [6, 6.07) is 7.86. The van der Waals surface area contributed by atoms with Gasteiger partial charge in [0, 0.05) is 18.7 Å². The Morgan fingerprint density at radius 2 is 1.80 bits per heavy atom. The first-order chi connectivity index (χ1) is 12.0. The van der Waals surface area contributed by atoms with Crippen LogP contribution in [0.2, 0.25) is 0 Å². The molecule has 1 fully saturated rings. The first-order valence-electron chi connectivity index (χ1n) is 7.83. The molecule has 1 aromatic heterocycles. The molecule has 0 saturated carbocycles. The van der Waals surface area contributed by atoms with E-state index in [9.17, 15) is 18.3 Å². The lowest BCUT2D eigenvalue weighted by molar-refractivity contribution is 0.194. The number of rotatable bonds is 2. The summed E-state index contributed by atoms with van der Waals surface area (Å²) in [5.41, 5.74) is 1.17. The molecule has 1 aliphatic heterocycles. The van der Waals surface area contributed by atoms with Gasteiger partial charge in [0.1, 0.15) is 11.6 Å². The Kier molecular flexibility index (Phi) is 3.80. The second-order valence-electron chi connectivity index (χ2n) is 6.10. The highest BCUT2D eigenvalue weighted by molar-refractivity contribution is 5.76. The SMILES string of the molecule is O[C@H]1C[C@H](c2cccc(F)c2)N(c2cnc3cc(F)c(F)cc3n2)C1. The summed E-state index contributed by atoms with van der Waals surface area (Å²) in [5.74, 6) is -1.92. The van der Waals surface area contributed by atoms with Crippen molar-refractivity contribution in [1.29, 1.82) is 0 Å². The molecule has 4 rings (SSSR count). The van der Waals surface area contributed by atoms with Gasteiger partial charge < -0.3 is 10.0 Å². The van der Waals surface area contributed by atoms with E-state index in [1.807, 2.05) is 0 Å². The molecule has 1 N–H and O–H groups in total. The molecule has 0 bridgehead atoms. The van der Waals surface area contributed by atoms with Gasteiger partial charge >= 0.3 is 0 Å². The van der Waals surface area contributed by atoms with E-state index in [4.69, 9.17) is 0 Å². The van der Waals surface area contributed by atoms with Gasteiger partial charge in [-0.2, -0.15) is 0 Å². The Labute approximate surface area is 141 Å². The van der Waals surface area contributed by atoms with E-state index in [0.29, 0.717) is 24.3 Å². The van der Waals surface area contributed by atoms with Crippen molar-refractivity contribution in [3.05, 3.63) is 65.6 Å². The topological polar surface area (TPSA) is 49.2 Å². The van der Waals surface area contributed by atoms with Crippen LogP contribution in [-0.2, 0) is 0 Å². The molecule has 0 amide bonds. The van der Waals surface area contributed by atoms with Crippen molar-refractivity contribution >= 4 is 16.9 Å². The number of aromatic nitrogens is 2. The average Bonchev–Trinajstić information content (AvgIpc) is 2.97. The highest BCUT2D eigenvalue weighted by atomic mass is 19.2. The van der Waals surface area contributed by atoms with Crippen molar-refractivity contribution in [2.24, 2.45) is 0 Å². The second-order valence-corrected chi connectivity index (χ2v) is 6.10. The van der Waals surface area contributed by atoms with Crippen LogP contribution in [-0.4, -0.2) is 27.7 Å². The zero-order valence-corrected chi connectivity index (χ0v) is 13.0. The minimum atomic E-state index is -0.998. The molecule has 0 spiro atoms. The van der Waals surface area contributed by atoms with Crippen LogP contribution in [0.25, 0.3) is 11.0 Å². The maximum atomic E-state index is 13.6. The Bertz CT molecular complexity index is 950. The van der Waals surface area contributed by atoms with Crippen molar-refractivity contribution in [3.8, 4) is 0 Å². The van der Waals surface area contributed by atoms with Crippen LogP contribution in [0.1, 0.15) is 18.0 Å². The minimum Gasteiger partial charge on any atom is -0.391 e. The van der Waals surface area contributed by atoms with Gasteiger partial charge in [-0.1, -0.05) is 12.1 Å². The van der Waals surface area contributed by atoms with Crippen molar-refractivity contribution < 1.29 is 18.3 Å². The van der Waals surface area contributed by atoms with Gasteiger partial charge in [0.2, 0.25) is 0 Å². The molecule has 0 aliphatic carbocycles. The predicted octanol–water partition coefficient (Wildman–Crippen LogP) is 3.36. The van der Waals surface area contributed by atoms with Gasteiger partial charge in [0.05, 0.1) is 29.4 Å². The van der Waals surface area contributed by atoms with Gasteiger partial charge in [-0.25, -0.2) is 18.2 Å². The van der Waals surface area contributed by atoms with E-state index >= 15 is 0 Å². The van der Waals surface area contributed by atoms with E-state index in [1.54, 1.807) is 17.0 Å². The van der Waals surface area contributed by atoms with Gasteiger partial charge in [-0.3, -0.25) is 4.98 Å².